The van der Waals surface area contributed by atoms with Crippen molar-refractivity contribution in [1.29, 1.82) is 0 Å². The smallest absolute Gasteiger partial charge is 0.224 e. The van der Waals surface area contributed by atoms with Gasteiger partial charge in [-0.2, -0.15) is 0 Å². The van der Waals surface area contributed by atoms with E-state index in [1.165, 1.54) is 0 Å². The van der Waals surface area contributed by atoms with E-state index in [-0.39, 0.29) is 17.9 Å². The lowest BCUT2D eigenvalue weighted by atomic mass is 10.00. The lowest BCUT2D eigenvalue weighted by Gasteiger charge is -2.15. The van der Waals surface area contributed by atoms with Crippen LogP contribution in [0.5, 0.6) is 0 Å². The molecule has 2 aliphatic rings. The SMILES string of the molecule is N[C@@H]1CCC[C@H]1CC(=O)Nc1ccc2c(c1)CCCC(=O)N2. The van der Waals surface area contributed by atoms with Crippen LogP contribution in [0.3, 0.4) is 0 Å². The second-order valence-electron chi connectivity index (χ2n) is 6.38. The first kappa shape index (κ1) is 15.0. The molecule has 3 rings (SSSR count). The molecule has 0 spiro atoms. The van der Waals surface area contributed by atoms with Crippen LogP contribution in [0.25, 0.3) is 0 Å². The molecule has 1 saturated carbocycles. The minimum atomic E-state index is 0.0277. The number of rotatable bonds is 3. The van der Waals surface area contributed by atoms with Crippen LogP contribution in [0.2, 0.25) is 0 Å². The van der Waals surface area contributed by atoms with Gasteiger partial charge in [0.25, 0.3) is 0 Å². The van der Waals surface area contributed by atoms with Gasteiger partial charge in [0.15, 0.2) is 0 Å². The summed E-state index contributed by atoms with van der Waals surface area (Å²) in [6.07, 6.45) is 5.93. The average Bonchev–Trinajstić information content (AvgIpc) is 2.77. The van der Waals surface area contributed by atoms with Crippen molar-refractivity contribution in [2.45, 2.75) is 51.0 Å². The van der Waals surface area contributed by atoms with Crippen LogP contribution in [-0.4, -0.2) is 17.9 Å². The number of hydrogen-bond acceptors (Lipinski definition) is 3. The van der Waals surface area contributed by atoms with Gasteiger partial charge in [0.2, 0.25) is 11.8 Å². The predicted octanol–water partition coefficient (Wildman–Crippen LogP) is 2.42. The standard InChI is InChI=1S/C17H23N3O2/c18-14-5-1-3-11(14)10-17(22)19-13-7-8-15-12(9-13)4-2-6-16(21)20-15/h7-9,11,14H,1-6,10,18H2,(H,19,22)(H,20,21)/t11-,14+/m0/s1. The van der Waals surface area contributed by atoms with Crippen molar-refractivity contribution in [1.82, 2.24) is 0 Å². The first-order valence-corrected chi connectivity index (χ1v) is 8.10. The van der Waals surface area contributed by atoms with Crippen molar-refractivity contribution in [3.05, 3.63) is 23.8 Å². The molecular formula is C17H23N3O2. The van der Waals surface area contributed by atoms with Gasteiger partial charge < -0.3 is 16.4 Å². The van der Waals surface area contributed by atoms with Crippen molar-refractivity contribution in [2.24, 2.45) is 11.7 Å². The summed E-state index contributed by atoms with van der Waals surface area (Å²) >= 11 is 0. The van der Waals surface area contributed by atoms with E-state index in [1.54, 1.807) is 0 Å². The maximum atomic E-state index is 12.2. The zero-order valence-electron chi connectivity index (χ0n) is 12.7. The molecule has 1 aliphatic carbocycles. The summed E-state index contributed by atoms with van der Waals surface area (Å²) < 4.78 is 0. The molecule has 4 N–H and O–H groups in total. The van der Waals surface area contributed by atoms with Crippen LogP contribution in [0, 0.1) is 5.92 Å². The maximum Gasteiger partial charge on any atom is 0.224 e. The normalized spacial score (nSPS) is 24.3. The Morgan fingerprint density at radius 3 is 2.91 bits per heavy atom. The van der Waals surface area contributed by atoms with Crippen LogP contribution in [-0.2, 0) is 16.0 Å². The summed E-state index contributed by atoms with van der Waals surface area (Å²) in [5, 5.41) is 5.86. The largest absolute Gasteiger partial charge is 0.327 e. The molecule has 22 heavy (non-hydrogen) atoms. The highest BCUT2D eigenvalue weighted by atomic mass is 16.2. The molecule has 118 valence electrons. The summed E-state index contributed by atoms with van der Waals surface area (Å²) in [6, 6.07) is 5.84. The Morgan fingerprint density at radius 2 is 2.14 bits per heavy atom. The Kier molecular flexibility index (Phi) is 4.43. The molecule has 5 heteroatoms. The average molecular weight is 301 g/mol. The van der Waals surface area contributed by atoms with E-state index in [9.17, 15) is 9.59 Å². The van der Waals surface area contributed by atoms with Crippen LogP contribution >= 0.6 is 0 Å². The molecule has 0 aromatic heterocycles. The summed E-state index contributed by atoms with van der Waals surface area (Å²) in [6.45, 7) is 0. The molecule has 5 nitrogen and oxygen atoms in total. The summed E-state index contributed by atoms with van der Waals surface area (Å²) in [7, 11) is 0. The van der Waals surface area contributed by atoms with Crippen molar-refractivity contribution in [2.75, 3.05) is 10.6 Å². The van der Waals surface area contributed by atoms with E-state index in [4.69, 9.17) is 5.73 Å². The fourth-order valence-electron chi connectivity index (χ4n) is 3.42. The van der Waals surface area contributed by atoms with Crippen molar-refractivity contribution >= 4 is 23.2 Å². The molecular weight excluding hydrogens is 278 g/mol. The number of nitrogens with one attached hydrogen (secondary N) is 2. The van der Waals surface area contributed by atoms with E-state index in [2.05, 4.69) is 10.6 Å². The van der Waals surface area contributed by atoms with Gasteiger partial charge in [-0.25, -0.2) is 0 Å². The summed E-state index contributed by atoms with van der Waals surface area (Å²) in [5.41, 5.74) is 8.76. The quantitative estimate of drug-likeness (QED) is 0.801. The fraction of sp³-hybridized carbons (Fsp3) is 0.529. The Morgan fingerprint density at radius 1 is 1.27 bits per heavy atom. The number of benzene rings is 1. The van der Waals surface area contributed by atoms with Crippen molar-refractivity contribution in [3.63, 3.8) is 0 Å². The van der Waals surface area contributed by atoms with Gasteiger partial charge >= 0.3 is 0 Å². The van der Waals surface area contributed by atoms with E-state index >= 15 is 0 Å². The number of aryl methyl sites for hydroxylation is 1. The van der Waals surface area contributed by atoms with Gasteiger partial charge in [-0.1, -0.05) is 6.42 Å². The number of carbonyl (C=O) groups is 2. The van der Waals surface area contributed by atoms with Gasteiger partial charge in [-0.15, -0.1) is 0 Å². The zero-order valence-corrected chi connectivity index (χ0v) is 12.7. The molecule has 2 amide bonds. The molecule has 2 atom stereocenters. The van der Waals surface area contributed by atoms with Crippen LogP contribution in [0.1, 0.15) is 44.1 Å². The van der Waals surface area contributed by atoms with Gasteiger partial charge in [0.05, 0.1) is 0 Å². The fourth-order valence-corrected chi connectivity index (χ4v) is 3.42. The third kappa shape index (κ3) is 3.47. The number of hydrogen-bond donors (Lipinski definition) is 3. The van der Waals surface area contributed by atoms with Crippen LogP contribution in [0.4, 0.5) is 11.4 Å². The second kappa shape index (κ2) is 6.48. The minimum absolute atomic E-state index is 0.0277. The molecule has 1 aromatic rings. The van der Waals surface area contributed by atoms with Crippen LogP contribution in [0.15, 0.2) is 18.2 Å². The third-order valence-electron chi connectivity index (χ3n) is 4.68. The maximum absolute atomic E-state index is 12.2. The van der Waals surface area contributed by atoms with E-state index in [1.807, 2.05) is 18.2 Å². The summed E-state index contributed by atoms with van der Waals surface area (Å²) in [4.78, 5) is 23.7. The highest BCUT2D eigenvalue weighted by Crippen LogP contribution is 2.28. The Balaban J connectivity index is 1.64. The van der Waals surface area contributed by atoms with Crippen LogP contribution < -0.4 is 16.4 Å². The van der Waals surface area contributed by atoms with Gasteiger partial charge in [-0.3, -0.25) is 9.59 Å². The first-order chi connectivity index (χ1) is 10.6. The molecule has 1 fully saturated rings. The number of amides is 2. The lowest BCUT2D eigenvalue weighted by Crippen LogP contribution is -2.28. The number of carbonyl (C=O) groups excluding carboxylic acids is 2. The van der Waals surface area contributed by atoms with Gasteiger partial charge in [0, 0.05) is 30.3 Å². The molecule has 0 unspecified atom stereocenters. The monoisotopic (exact) mass is 301 g/mol. The molecule has 0 bridgehead atoms. The first-order valence-electron chi connectivity index (χ1n) is 8.10. The predicted molar refractivity (Wildman–Crippen MR) is 86.6 cm³/mol. The van der Waals surface area contributed by atoms with Crippen molar-refractivity contribution < 1.29 is 9.59 Å². The Bertz CT molecular complexity index is 585. The number of anilines is 2. The van der Waals surface area contributed by atoms with E-state index in [0.717, 1.165) is 49.0 Å². The highest BCUT2D eigenvalue weighted by molar-refractivity contribution is 5.94. The molecule has 1 aromatic carbocycles. The van der Waals surface area contributed by atoms with E-state index in [0.29, 0.717) is 18.8 Å². The zero-order chi connectivity index (χ0) is 15.5. The van der Waals surface area contributed by atoms with Gasteiger partial charge in [0.1, 0.15) is 0 Å². The minimum Gasteiger partial charge on any atom is -0.327 e. The Hall–Kier alpha value is -1.88. The topological polar surface area (TPSA) is 84.2 Å². The number of fused-ring (bicyclic) bond motifs is 1. The molecule has 1 heterocycles. The second-order valence-corrected chi connectivity index (χ2v) is 6.38. The molecule has 1 aliphatic heterocycles. The molecule has 0 radical (unpaired) electrons. The number of nitrogens with two attached hydrogens (primary N) is 1. The van der Waals surface area contributed by atoms with Crippen molar-refractivity contribution in [3.8, 4) is 0 Å². The lowest BCUT2D eigenvalue weighted by molar-refractivity contribution is -0.117. The summed E-state index contributed by atoms with van der Waals surface area (Å²) in [5.74, 6) is 0.394. The van der Waals surface area contributed by atoms with E-state index < -0.39 is 0 Å². The molecule has 0 saturated heterocycles. The van der Waals surface area contributed by atoms with Gasteiger partial charge in [-0.05, 0) is 55.4 Å². The third-order valence-corrected chi connectivity index (χ3v) is 4.68. The Labute approximate surface area is 130 Å². The highest BCUT2D eigenvalue weighted by Gasteiger charge is 2.26.